The van der Waals surface area contributed by atoms with Gasteiger partial charge in [-0.2, -0.15) is 5.10 Å². The molecular formula is C18H22N6O2. The van der Waals surface area contributed by atoms with E-state index in [9.17, 15) is 0 Å². The van der Waals surface area contributed by atoms with Crippen molar-refractivity contribution in [3.63, 3.8) is 0 Å². The molecule has 2 aliphatic heterocycles. The Hall–Kier alpha value is -2.45. The summed E-state index contributed by atoms with van der Waals surface area (Å²) in [6.45, 7) is 7.02. The van der Waals surface area contributed by atoms with Crippen molar-refractivity contribution in [1.82, 2.24) is 25.0 Å². The van der Waals surface area contributed by atoms with E-state index in [4.69, 9.17) is 9.37 Å². The molecule has 8 heteroatoms. The lowest BCUT2D eigenvalue weighted by Crippen LogP contribution is -2.53. The van der Waals surface area contributed by atoms with Crippen LogP contribution < -0.4 is 4.90 Å². The number of benzene rings is 1. The number of aryl methyl sites for hydroxylation is 1. The lowest BCUT2D eigenvalue weighted by molar-refractivity contribution is 0.0286. The molecular weight excluding hydrogens is 332 g/mol. The van der Waals surface area contributed by atoms with E-state index in [0.717, 1.165) is 73.8 Å². The van der Waals surface area contributed by atoms with Crippen molar-refractivity contribution in [2.75, 3.05) is 50.8 Å². The van der Waals surface area contributed by atoms with Gasteiger partial charge in [0.25, 0.3) is 0 Å². The maximum atomic E-state index is 5.44. The highest BCUT2D eigenvalue weighted by atomic mass is 16.6. The summed E-state index contributed by atoms with van der Waals surface area (Å²) in [6, 6.07) is 4.19. The predicted molar refractivity (Wildman–Crippen MR) is 97.0 cm³/mol. The number of aromatic nitrogens is 4. The van der Waals surface area contributed by atoms with E-state index in [-0.39, 0.29) is 0 Å². The first-order chi connectivity index (χ1) is 12.8. The maximum Gasteiger partial charge on any atom is 0.158 e. The van der Waals surface area contributed by atoms with Gasteiger partial charge >= 0.3 is 0 Å². The van der Waals surface area contributed by atoms with Crippen LogP contribution in [0.5, 0.6) is 0 Å². The van der Waals surface area contributed by atoms with Crippen LogP contribution in [0.1, 0.15) is 0 Å². The second kappa shape index (κ2) is 6.37. The minimum absolute atomic E-state index is 0.685. The number of hydrogen-bond acceptors (Lipinski definition) is 7. The fourth-order valence-corrected chi connectivity index (χ4v) is 3.88. The van der Waals surface area contributed by atoms with E-state index in [2.05, 4.69) is 31.3 Å². The van der Waals surface area contributed by atoms with E-state index in [0.29, 0.717) is 5.92 Å². The molecule has 2 fully saturated rings. The lowest BCUT2D eigenvalue weighted by atomic mass is 9.96. The fourth-order valence-electron chi connectivity index (χ4n) is 3.88. The highest BCUT2D eigenvalue weighted by Crippen LogP contribution is 2.35. The molecule has 1 aromatic carbocycles. The molecule has 26 heavy (non-hydrogen) atoms. The molecule has 0 N–H and O–H groups in total. The molecule has 0 aliphatic carbocycles. The first kappa shape index (κ1) is 15.8. The molecule has 0 amide bonds. The molecule has 5 rings (SSSR count). The standard InChI is InChI=1S/C18H22N6O2/c1-22-12-15(8-19-22)14-6-16-18(21-26-20-16)17(7-14)24-10-13(11-24)9-23-2-4-25-5-3-23/h6-8,12-13H,2-5,9-11H2,1H3. The molecule has 2 aliphatic rings. The third kappa shape index (κ3) is 2.85. The molecule has 0 saturated carbocycles. The van der Waals surface area contributed by atoms with Crippen LogP contribution in [0.2, 0.25) is 0 Å². The third-order valence-corrected chi connectivity index (χ3v) is 5.30. The normalized spacial score (nSPS) is 19.2. The van der Waals surface area contributed by atoms with Gasteiger partial charge in [-0.15, -0.1) is 0 Å². The van der Waals surface area contributed by atoms with Crippen molar-refractivity contribution in [3.05, 3.63) is 24.5 Å². The van der Waals surface area contributed by atoms with Crippen molar-refractivity contribution in [2.45, 2.75) is 0 Å². The van der Waals surface area contributed by atoms with Crippen LogP contribution in [0.3, 0.4) is 0 Å². The van der Waals surface area contributed by atoms with Crippen LogP contribution in [-0.2, 0) is 11.8 Å². The maximum absolute atomic E-state index is 5.44. The van der Waals surface area contributed by atoms with E-state index in [1.807, 2.05) is 30.2 Å². The summed E-state index contributed by atoms with van der Waals surface area (Å²) in [5, 5.41) is 12.5. The average Bonchev–Trinajstić information content (AvgIpc) is 3.26. The van der Waals surface area contributed by atoms with Gasteiger partial charge in [-0.05, 0) is 28.0 Å². The second-order valence-corrected chi connectivity index (χ2v) is 7.21. The van der Waals surface area contributed by atoms with Gasteiger partial charge in [0.1, 0.15) is 5.52 Å². The van der Waals surface area contributed by atoms with Gasteiger partial charge in [0.05, 0.1) is 25.1 Å². The lowest BCUT2D eigenvalue weighted by Gasteiger charge is -2.43. The predicted octanol–water partition coefficient (Wildman–Crippen LogP) is 1.39. The molecule has 0 atom stereocenters. The molecule has 2 aromatic heterocycles. The quantitative estimate of drug-likeness (QED) is 0.701. The average molecular weight is 354 g/mol. The summed E-state index contributed by atoms with van der Waals surface area (Å²) < 4.78 is 12.2. The highest BCUT2D eigenvalue weighted by molar-refractivity contribution is 5.92. The topological polar surface area (TPSA) is 72.5 Å². The Morgan fingerprint density at radius 1 is 1.12 bits per heavy atom. The summed E-state index contributed by atoms with van der Waals surface area (Å²) in [5.74, 6) is 0.685. The molecule has 3 aromatic rings. The number of anilines is 1. The minimum atomic E-state index is 0.685. The monoisotopic (exact) mass is 354 g/mol. The van der Waals surface area contributed by atoms with Gasteiger partial charge in [-0.25, -0.2) is 4.63 Å². The number of morpholine rings is 1. The van der Waals surface area contributed by atoms with Gasteiger partial charge in [0.15, 0.2) is 5.52 Å². The van der Waals surface area contributed by atoms with Crippen LogP contribution in [0, 0.1) is 5.92 Å². The zero-order valence-electron chi connectivity index (χ0n) is 14.8. The minimum Gasteiger partial charge on any atom is -0.379 e. The Kier molecular flexibility index (Phi) is 3.86. The van der Waals surface area contributed by atoms with Crippen LogP contribution in [-0.4, -0.2) is 70.9 Å². The summed E-state index contributed by atoms with van der Waals surface area (Å²) in [5.41, 5.74) is 4.89. The van der Waals surface area contributed by atoms with Crippen molar-refractivity contribution in [2.24, 2.45) is 13.0 Å². The Bertz CT molecular complexity index is 907. The summed E-state index contributed by atoms with van der Waals surface area (Å²) in [4.78, 5) is 4.88. The van der Waals surface area contributed by atoms with Gasteiger partial charge in [-0.3, -0.25) is 9.58 Å². The molecule has 0 unspecified atom stereocenters. The van der Waals surface area contributed by atoms with E-state index >= 15 is 0 Å². The van der Waals surface area contributed by atoms with E-state index in [1.54, 1.807) is 0 Å². The number of hydrogen-bond donors (Lipinski definition) is 0. The summed E-state index contributed by atoms with van der Waals surface area (Å²) in [6.07, 6.45) is 3.88. The first-order valence-corrected chi connectivity index (χ1v) is 9.06. The van der Waals surface area contributed by atoms with Crippen LogP contribution in [0.25, 0.3) is 22.2 Å². The Balaban J connectivity index is 1.36. The van der Waals surface area contributed by atoms with Crippen molar-refractivity contribution in [1.29, 1.82) is 0 Å². The summed E-state index contributed by atoms with van der Waals surface area (Å²) >= 11 is 0. The van der Waals surface area contributed by atoms with Crippen molar-refractivity contribution < 1.29 is 9.37 Å². The largest absolute Gasteiger partial charge is 0.379 e. The second-order valence-electron chi connectivity index (χ2n) is 7.21. The number of nitrogens with zero attached hydrogens (tertiary/aromatic N) is 6. The molecule has 0 spiro atoms. The number of fused-ring (bicyclic) bond motifs is 1. The Morgan fingerprint density at radius 2 is 1.96 bits per heavy atom. The smallest absolute Gasteiger partial charge is 0.158 e. The van der Waals surface area contributed by atoms with Gasteiger partial charge < -0.3 is 9.64 Å². The van der Waals surface area contributed by atoms with Gasteiger partial charge in [0, 0.05) is 57.4 Å². The molecule has 0 radical (unpaired) electrons. The van der Waals surface area contributed by atoms with Crippen LogP contribution in [0.4, 0.5) is 5.69 Å². The third-order valence-electron chi connectivity index (χ3n) is 5.30. The summed E-state index contributed by atoms with van der Waals surface area (Å²) in [7, 11) is 1.92. The molecule has 8 nitrogen and oxygen atoms in total. The zero-order valence-corrected chi connectivity index (χ0v) is 14.8. The Morgan fingerprint density at radius 3 is 2.73 bits per heavy atom. The van der Waals surface area contributed by atoms with Crippen LogP contribution >= 0.6 is 0 Å². The molecule has 0 bridgehead atoms. The Labute approximate surface area is 151 Å². The molecule has 2 saturated heterocycles. The van der Waals surface area contributed by atoms with E-state index in [1.165, 1.54) is 0 Å². The van der Waals surface area contributed by atoms with Crippen LogP contribution in [0.15, 0.2) is 29.2 Å². The van der Waals surface area contributed by atoms with Crippen molar-refractivity contribution in [3.8, 4) is 11.1 Å². The molecule has 4 heterocycles. The molecule has 136 valence electrons. The number of rotatable bonds is 4. The zero-order chi connectivity index (χ0) is 17.5. The van der Waals surface area contributed by atoms with Crippen molar-refractivity contribution >= 4 is 16.7 Å². The van der Waals surface area contributed by atoms with Gasteiger partial charge in [-0.1, -0.05) is 0 Å². The fraction of sp³-hybridized carbons (Fsp3) is 0.500. The number of ether oxygens (including phenoxy) is 1. The van der Waals surface area contributed by atoms with Gasteiger partial charge in [0.2, 0.25) is 0 Å². The SMILES string of the molecule is Cn1cc(-c2cc(N3CC(CN4CCOCC4)C3)c3nonc3c2)cn1. The first-order valence-electron chi connectivity index (χ1n) is 9.06. The highest BCUT2D eigenvalue weighted by Gasteiger charge is 2.31. The van der Waals surface area contributed by atoms with E-state index < -0.39 is 0 Å².